The minimum Gasteiger partial charge on any atom is -0.452 e. The molecule has 0 spiro atoms. The number of aryl methyl sites for hydroxylation is 2. The van der Waals surface area contributed by atoms with Gasteiger partial charge in [-0.1, -0.05) is 0 Å². The molecule has 0 fully saturated rings. The highest BCUT2D eigenvalue weighted by Gasteiger charge is 2.28. The van der Waals surface area contributed by atoms with E-state index < -0.39 is 36.8 Å². The van der Waals surface area contributed by atoms with Gasteiger partial charge in [0.05, 0.1) is 0 Å². The summed E-state index contributed by atoms with van der Waals surface area (Å²) in [5, 5.41) is 1.55. The molecule has 1 heterocycles. The topological polar surface area (TPSA) is 85.6 Å². The first-order valence-corrected chi connectivity index (χ1v) is 5.72. The molecule has 0 aromatic carbocycles. The first-order chi connectivity index (χ1) is 9.60. The molecular formula is C12H12F3NO5. The molecule has 21 heavy (non-hydrogen) atoms. The van der Waals surface area contributed by atoms with Crippen LogP contribution in [0.3, 0.4) is 0 Å². The van der Waals surface area contributed by atoms with Crippen LogP contribution in [-0.2, 0) is 9.53 Å². The highest BCUT2D eigenvalue weighted by atomic mass is 19.4. The Kier molecular flexibility index (Phi) is 5.12. The van der Waals surface area contributed by atoms with E-state index in [4.69, 9.17) is 4.42 Å². The van der Waals surface area contributed by atoms with Crippen LogP contribution in [0.2, 0.25) is 0 Å². The zero-order valence-corrected chi connectivity index (χ0v) is 11.2. The monoisotopic (exact) mass is 307 g/mol. The number of carbonyl (C=O) groups is 2. The summed E-state index contributed by atoms with van der Waals surface area (Å²) in [6.07, 6.45) is -4.55. The van der Waals surface area contributed by atoms with Crippen molar-refractivity contribution in [2.75, 3.05) is 13.2 Å². The van der Waals surface area contributed by atoms with Crippen LogP contribution in [0.4, 0.5) is 13.2 Å². The van der Waals surface area contributed by atoms with Gasteiger partial charge in [-0.05, 0) is 19.4 Å². The average molecular weight is 307 g/mol. The van der Waals surface area contributed by atoms with Crippen LogP contribution >= 0.6 is 0 Å². The summed E-state index contributed by atoms with van der Waals surface area (Å²) in [5.74, 6) is -2.05. The van der Waals surface area contributed by atoms with Gasteiger partial charge in [-0.15, -0.1) is 0 Å². The Morgan fingerprint density at radius 1 is 1.33 bits per heavy atom. The molecule has 1 aromatic heterocycles. The molecule has 0 atom stereocenters. The predicted molar refractivity (Wildman–Crippen MR) is 63.8 cm³/mol. The van der Waals surface area contributed by atoms with Crippen molar-refractivity contribution in [3.05, 3.63) is 33.4 Å². The van der Waals surface area contributed by atoms with Crippen LogP contribution in [0, 0.1) is 13.8 Å². The minimum atomic E-state index is -4.55. The summed E-state index contributed by atoms with van der Waals surface area (Å²) in [6, 6.07) is 1.06. The number of amides is 1. The Balaban J connectivity index is 2.63. The summed E-state index contributed by atoms with van der Waals surface area (Å²) < 4.78 is 44.9. The number of carbonyl (C=O) groups excluding carboxylic acids is 2. The van der Waals surface area contributed by atoms with Crippen molar-refractivity contribution in [2.24, 2.45) is 0 Å². The third-order valence-corrected chi connectivity index (χ3v) is 2.36. The second kappa shape index (κ2) is 6.42. The average Bonchev–Trinajstić information content (AvgIpc) is 2.31. The Morgan fingerprint density at radius 3 is 2.48 bits per heavy atom. The molecule has 6 nitrogen and oxygen atoms in total. The molecule has 9 heteroatoms. The summed E-state index contributed by atoms with van der Waals surface area (Å²) in [7, 11) is 0. The maximum Gasteiger partial charge on any atom is 0.405 e. The summed E-state index contributed by atoms with van der Waals surface area (Å²) in [6.45, 7) is 0.438. The SMILES string of the molecule is Cc1cc(=O)oc(C)c1C(=O)OCC(=O)NCC(F)(F)F. The molecule has 0 saturated heterocycles. The molecule has 0 bridgehead atoms. The van der Waals surface area contributed by atoms with Crippen LogP contribution in [-0.4, -0.2) is 31.2 Å². The molecule has 0 unspecified atom stereocenters. The largest absolute Gasteiger partial charge is 0.452 e. The lowest BCUT2D eigenvalue weighted by atomic mass is 10.1. The number of halogens is 3. The first kappa shape index (κ1) is 16.7. The molecule has 0 aliphatic carbocycles. The van der Waals surface area contributed by atoms with E-state index >= 15 is 0 Å². The quantitative estimate of drug-likeness (QED) is 0.842. The Labute approximate surface area is 116 Å². The van der Waals surface area contributed by atoms with Gasteiger partial charge < -0.3 is 14.5 Å². The van der Waals surface area contributed by atoms with Crippen molar-refractivity contribution in [1.82, 2.24) is 5.32 Å². The van der Waals surface area contributed by atoms with Crippen molar-refractivity contribution in [3.63, 3.8) is 0 Å². The van der Waals surface area contributed by atoms with E-state index in [1.165, 1.54) is 13.8 Å². The fraction of sp³-hybridized carbons (Fsp3) is 0.417. The molecule has 1 rings (SSSR count). The number of nitrogens with one attached hydrogen (secondary N) is 1. The number of hydrogen-bond acceptors (Lipinski definition) is 5. The van der Waals surface area contributed by atoms with E-state index in [9.17, 15) is 27.6 Å². The van der Waals surface area contributed by atoms with Crippen LogP contribution in [0.1, 0.15) is 21.7 Å². The molecular weight excluding hydrogens is 295 g/mol. The van der Waals surface area contributed by atoms with Crippen molar-refractivity contribution in [3.8, 4) is 0 Å². The van der Waals surface area contributed by atoms with Crippen LogP contribution in [0.15, 0.2) is 15.3 Å². The lowest BCUT2D eigenvalue weighted by Crippen LogP contribution is -2.36. The summed E-state index contributed by atoms with van der Waals surface area (Å²) in [4.78, 5) is 33.8. The van der Waals surface area contributed by atoms with E-state index in [2.05, 4.69) is 4.74 Å². The lowest BCUT2D eigenvalue weighted by Gasteiger charge is -2.10. The van der Waals surface area contributed by atoms with Gasteiger partial charge in [-0.3, -0.25) is 4.79 Å². The molecule has 1 aromatic rings. The Hall–Kier alpha value is -2.32. The molecule has 116 valence electrons. The van der Waals surface area contributed by atoms with Gasteiger partial charge in [-0.25, -0.2) is 9.59 Å². The van der Waals surface area contributed by atoms with Crippen LogP contribution in [0.25, 0.3) is 0 Å². The summed E-state index contributed by atoms with van der Waals surface area (Å²) in [5.41, 5.74) is -0.410. The van der Waals surface area contributed by atoms with Gasteiger partial charge in [0.25, 0.3) is 5.91 Å². The van der Waals surface area contributed by atoms with Crippen LogP contribution in [0.5, 0.6) is 0 Å². The first-order valence-electron chi connectivity index (χ1n) is 5.72. The summed E-state index contributed by atoms with van der Waals surface area (Å²) >= 11 is 0. The number of hydrogen-bond donors (Lipinski definition) is 1. The van der Waals surface area contributed by atoms with Crippen molar-refractivity contribution in [2.45, 2.75) is 20.0 Å². The fourth-order valence-electron chi connectivity index (χ4n) is 1.52. The number of rotatable bonds is 4. The van der Waals surface area contributed by atoms with Gasteiger partial charge in [-0.2, -0.15) is 13.2 Å². The van der Waals surface area contributed by atoms with Crippen molar-refractivity contribution < 1.29 is 31.9 Å². The van der Waals surface area contributed by atoms with E-state index in [1.807, 2.05) is 0 Å². The lowest BCUT2D eigenvalue weighted by molar-refractivity contribution is -0.140. The maximum atomic E-state index is 11.9. The van der Waals surface area contributed by atoms with Crippen molar-refractivity contribution in [1.29, 1.82) is 0 Å². The predicted octanol–water partition coefficient (Wildman–Crippen LogP) is 1.09. The van der Waals surface area contributed by atoms with E-state index in [-0.39, 0.29) is 16.9 Å². The normalized spacial score (nSPS) is 11.1. The zero-order valence-electron chi connectivity index (χ0n) is 11.2. The number of ether oxygens (including phenoxy) is 1. The molecule has 0 saturated carbocycles. The highest BCUT2D eigenvalue weighted by molar-refractivity contribution is 5.93. The van der Waals surface area contributed by atoms with E-state index in [0.29, 0.717) is 0 Å². The van der Waals surface area contributed by atoms with Gasteiger partial charge >= 0.3 is 17.8 Å². The Morgan fingerprint density at radius 2 is 1.95 bits per heavy atom. The minimum absolute atomic E-state index is 0.000648. The second-order valence-corrected chi connectivity index (χ2v) is 4.15. The van der Waals surface area contributed by atoms with Gasteiger partial charge in [0.15, 0.2) is 6.61 Å². The zero-order chi connectivity index (χ0) is 16.2. The molecule has 0 radical (unpaired) electrons. The third-order valence-electron chi connectivity index (χ3n) is 2.36. The molecule has 1 amide bonds. The molecule has 0 aliphatic rings. The van der Waals surface area contributed by atoms with E-state index in [0.717, 1.165) is 6.07 Å². The van der Waals surface area contributed by atoms with Crippen molar-refractivity contribution >= 4 is 11.9 Å². The number of alkyl halides is 3. The van der Waals surface area contributed by atoms with Gasteiger partial charge in [0.2, 0.25) is 0 Å². The fourth-order valence-corrected chi connectivity index (χ4v) is 1.52. The highest BCUT2D eigenvalue weighted by Crippen LogP contribution is 2.13. The van der Waals surface area contributed by atoms with Crippen LogP contribution < -0.4 is 10.9 Å². The van der Waals surface area contributed by atoms with Gasteiger partial charge in [0.1, 0.15) is 17.9 Å². The smallest absolute Gasteiger partial charge is 0.405 e. The third kappa shape index (κ3) is 5.28. The second-order valence-electron chi connectivity index (χ2n) is 4.15. The van der Waals surface area contributed by atoms with Gasteiger partial charge in [0, 0.05) is 6.07 Å². The standard InChI is InChI=1S/C12H12F3NO5/c1-6-3-9(18)21-7(2)10(6)11(19)20-4-8(17)16-5-12(13,14)15/h3H,4-5H2,1-2H3,(H,16,17). The van der Waals surface area contributed by atoms with E-state index in [1.54, 1.807) is 5.32 Å². The maximum absolute atomic E-state index is 11.9. The molecule has 1 N–H and O–H groups in total. The Bertz CT molecular complexity index is 580. The number of esters is 1. The molecule has 0 aliphatic heterocycles.